The normalized spacial score (nSPS) is 17.9. The second kappa shape index (κ2) is 10.4. The summed E-state index contributed by atoms with van der Waals surface area (Å²) in [6.07, 6.45) is 0.991. The Kier molecular flexibility index (Phi) is 7.06. The zero-order valence-electron chi connectivity index (χ0n) is 19.9. The van der Waals surface area contributed by atoms with Crippen LogP contribution in [0.2, 0.25) is 0 Å². The Morgan fingerprint density at radius 3 is 2.71 bits per heavy atom. The Morgan fingerprint density at radius 2 is 1.91 bits per heavy atom. The van der Waals surface area contributed by atoms with Crippen LogP contribution >= 0.6 is 0 Å². The van der Waals surface area contributed by atoms with Crippen LogP contribution in [0.5, 0.6) is 0 Å². The molecule has 0 amide bonds. The van der Waals surface area contributed by atoms with Crippen molar-refractivity contribution < 1.29 is 14.2 Å². The number of anilines is 1. The van der Waals surface area contributed by atoms with Crippen molar-refractivity contribution in [2.45, 2.75) is 44.1 Å². The van der Waals surface area contributed by atoms with Crippen molar-refractivity contribution in [2.75, 3.05) is 18.0 Å². The summed E-state index contributed by atoms with van der Waals surface area (Å²) in [5.41, 5.74) is 4.32. The number of fused-ring (bicyclic) bond motifs is 1. The van der Waals surface area contributed by atoms with Gasteiger partial charge >= 0.3 is 0 Å². The summed E-state index contributed by atoms with van der Waals surface area (Å²) >= 11 is -1.24. The average molecular weight is 491 g/mol. The highest BCUT2D eigenvalue weighted by atomic mass is 32.2. The first kappa shape index (κ1) is 23.8. The fraction of sp³-hybridized carbons (Fsp3) is 0.333. The van der Waals surface area contributed by atoms with Gasteiger partial charge in [-0.15, -0.1) is 4.72 Å². The fourth-order valence-electron chi connectivity index (χ4n) is 4.50. The molecule has 4 aromatic rings. The number of pyridine rings is 1. The molecule has 3 atom stereocenters. The van der Waals surface area contributed by atoms with Gasteiger partial charge in [-0.3, -0.25) is 0 Å². The molecule has 1 fully saturated rings. The van der Waals surface area contributed by atoms with Gasteiger partial charge in [-0.1, -0.05) is 47.6 Å². The zero-order valence-corrected chi connectivity index (χ0v) is 20.7. The van der Waals surface area contributed by atoms with Crippen molar-refractivity contribution in [1.29, 1.82) is 0 Å². The number of benzene rings is 2. The van der Waals surface area contributed by atoms with E-state index in [2.05, 4.69) is 20.8 Å². The van der Waals surface area contributed by atoms with Crippen LogP contribution in [-0.2, 0) is 17.8 Å². The third-order valence-electron chi connectivity index (χ3n) is 6.35. The van der Waals surface area contributed by atoms with Gasteiger partial charge in [0.05, 0.1) is 12.1 Å². The second-order valence-corrected chi connectivity index (χ2v) is 11.0. The maximum atomic E-state index is 12.9. The Morgan fingerprint density at radius 1 is 1.11 bits per heavy atom. The predicted octanol–water partition coefficient (Wildman–Crippen LogP) is 4.41. The lowest BCUT2D eigenvalue weighted by atomic mass is 9.94. The van der Waals surface area contributed by atoms with E-state index in [0.29, 0.717) is 13.0 Å². The molecule has 0 aliphatic carbocycles. The maximum absolute atomic E-state index is 12.9. The maximum Gasteiger partial charge on any atom is 0.167 e. The standard InChI is InChI=1S/C27H30N4O3S/c1-18(2)35(33)30-24(16-19-8-7-13-26(28-19)31-15-14-20(32)17-31)21-9-3-4-10-22(21)27-23-11-5-6-12-25(23)34-29-27/h3-13,18,20,24,30,32H,14-17H2,1-2H3/t20-,24?,35?/m1/s1. The van der Waals surface area contributed by atoms with Crippen LogP contribution in [0.15, 0.2) is 71.3 Å². The molecule has 182 valence electrons. The van der Waals surface area contributed by atoms with Gasteiger partial charge in [0.1, 0.15) is 16.8 Å². The number of aliphatic hydroxyl groups is 1. The predicted molar refractivity (Wildman–Crippen MR) is 139 cm³/mol. The topological polar surface area (TPSA) is 97.5 Å². The van der Waals surface area contributed by atoms with E-state index in [1.165, 1.54) is 0 Å². The van der Waals surface area contributed by atoms with Gasteiger partial charge in [0.2, 0.25) is 0 Å². The van der Waals surface area contributed by atoms with E-state index in [1.54, 1.807) is 0 Å². The lowest BCUT2D eigenvalue weighted by Gasteiger charge is -2.24. The van der Waals surface area contributed by atoms with Crippen LogP contribution in [0.1, 0.15) is 37.6 Å². The van der Waals surface area contributed by atoms with Crippen molar-refractivity contribution in [3.8, 4) is 11.3 Å². The minimum absolute atomic E-state index is 0.0390. The summed E-state index contributed by atoms with van der Waals surface area (Å²) in [6.45, 7) is 5.26. The average Bonchev–Trinajstić information content (AvgIpc) is 3.50. The van der Waals surface area contributed by atoms with E-state index in [1.807, 2.05) is 74.5 Å². The van der Waals surface area contributed by atoms with Crippen LogP contribution < -0.4 is 9.62 Å². The Balaban J connectivity index is 1.51. The highest BCUT2D eigenvalue weighted by Gasteiger charge is 2.27. The van der Waals surface area contributed by atoms with Crippen LogP contribution in [-0.4, -0.2) is 44.2 Å². The van der Waals surface area contributed by atoms with Crippen molar-refractivity contribution in [2.24, 2.45) is 0 Å². The lowest BCUT2D eigenvalue weighted by Crippen LogP contribution is -2.35. The molecule has 2 N–H and O–H groups in total. The highest BCUT2D eigenvalue weighted by Crippen LogP contribution is 2.34. The molecular weight excluding hydrogens is 460 g/mol. The van der Waals surface area contributed by atoms with Crippen molar-refractivity contribution in [1.82, 2.24) is 14.9 Å². The smallest absolute Gasteiger partial charge is 0.167 e. The van der Waals surface area contributed by atoms with Crippen LogP contribution in [0, 0.1) is 0 Å². The van der Waals surface area contributed by atoms with Gasteiger partial charge in [0, 0.05) is 47.5 Å². The first-order chi connectivity index (χ1) is 17.0. The molecule has 0 spiro atoms. The van der Waals surface area contributed by atoms with E-state index in [-0.39, 0.29) is 17.4 Å². The van der Waals surface area contributed by atoms with Crippen LogP contribution in [0.3, 0.4) is 0 Å². The minimum Gasteiger partial charge on any atom is -0.598 e. The number of hydrogen-bond donors (Lipinski definition) is 2. The number of β-amino-alcohol motifs (C(OH)–C–C–N with tert-alkyl or cyclic N) is 1. The molecule has 7 nitrogen and oxygen atoms in total. The van der Waals surface area contributed by atoms with Gasteiger partial charge in [0.25, 0.3) is 0 Å². The molecule has 8 heteroatoms. The third kappa shape index (κ3) is 5.21. The van der Waals surface area contributed by atoms with Crippen molar-refractivity contribution >= 4 is 28.1 Å². The largest absolute Gasteiger partial charge is 0.598 e. The number of aromatic nitrogens is 2. The van der Waals surface area contributed by atoms with E-state index in [4.69, 9.17) is 9.51 Å². The van der Waals surface area contributed by atoms with Crippen molar-refractivity contribution in [3.05, 3.63) is 78.0 Å². The lowest BCUT2D eigenvalue weighted by molar-refractivity contribution is 0.198. The summed E-state index contributed by atoms with van der Waals surface area (Å²) < 4.78 is 21.9. The molecular formula is C27H30N4O3S. The first-order valence-electron chi connectivity index (χ1n) is 12.0. The number of nitrogens with one attached hydrogen (secondary N) is 1. The quantitative estimate of drug-likeness (QED) is 0.353. The monoisotopic (exact) mass is 490 g/mol. The minimum atomic E-state index is -1.24. The van der Waals surface area contributed by atoms with Gasteiger partial charge in [0.15, 0.2) is 5.58 Å². The van der Waals surface area contributed by atoms with E-state index in [9.17, 15) is 9.66 Å². The molecule has 2 aromatic carbocycles. The summed E-state index contributed by atoms with van der Waals surface area (Å²) in [4.78, 5) is 7.00. The molecule has 1 saturated heterocycles. The number of aliphatic hydroxyl groups excluding tert-OH is 1. The van der Waals surface area contributed by atoms with E-state index in [0.717, 1.165) is 52.3 Å². The highest BCUT2D eigenvalue weighted by molar-refractivity contribution is 7.90. The molecule has 0 bridgehead atoms. The fourth-order valence-corrected chi connectivity index (χ4v) is 5.27. The molecule has 2 unspecified atom stereocenters. The van der Waals surface area contributed by atoms with Gasteiger partial charge in [-0.2, -0.15) is 0 Å². The number of rotatable bonds is 8. The SMILES string of the molecule is CC(C)[S+]([O-])NC(Cc1cccc(N2CC[C@@H](O)C2)n1)c1ccccc1-c1noc2ccccc12. The van der Waals surface area contributed by atoms with Gasteiger partial charge in [-0.05, 0) is 50.1 Å². The molecule has 35 heavy (non-hydrogen) atoms. The van der Waals surface area contributed by atoms with E-state index >= 15 is 0 Å². The van der Waals surface area contributed by atoms with Crippen LogP contribution in [0.4, 0.5) is 5.82 Å². The summed E-state index contributed by atoms with van der Waals surface area (Å²) in [5, 5.41) is 15.2. The van der Waals surface area contributed by atoms with E-state index < -0.39 is 11.4 Å². The first-order valence-corrected chi connectivity index (χ1v) is 13.2. The third-order valence-corrected chi connectivity index (χ3v) is 7.72. The number of nitrogens with zero attached hydrogens (tertiary/aromatic N) is 3. The molecule has 1 aliphatic heterocycles. The van der Waals surface area contributed by atoms with Gasteiger partial charge < -0.3 is 19.1 Å². The Hall–Kier alpha value is -2.91. The number of para-hydroxylation sites is 1. The Bertz CT molecular complexity index is 1290. The molecule has 5 rings (SSSR count). The zero-order chi connectivity index (χ0) is 24.4. The molecule has 0 radical (unpaired) electrons. The van der Waals surface area contributed by atoms with Gasteiger partial charge in [-0.25, -0.2) is 4.98 Å². The molecule has 2 aromatic heterocycles. The summed E-state index contributed by atoms with van der Waals surface area (Å²) in [6, 6.07) is 21.6. The molecule has 1 aliphatic rings. The summed E-state index contributed by atoms with van der Waals surface area (Å²) in [5.74, 6) is 0.860. The number of hydrogen-bond acceptors (Lipinski definition) is 7. The summed E-state index contributed by atoms with van der Waals surface area (Å²) in [7, 11) is 0. The van der Waals surface area contributed by atoms with Crippen LogP contribution in [0.25, 0.3) is 22.2 Å². The molecule has 3 heterocycles. The molecule has 0 saturated carbocycles. The van der Waals surface area contributed by atoms with Crippen molar-refractivity contribution in [3.63, 3.8) is 0 Å². The second-order valence-electron chi connectivity index (χ2n) is 9.21. The Labute approximate surface area is 208 Å².